The van der Waals surface area contributed by atoms with Gasteiger partial charge in [-0.15, -0.1) is 0 Å². The second kappa shape index (κ2) is 11.2. The normalized spacial score (nSPS) is 16.2. The Balaban J connectivity index is 1.58. The number of rotatable bonds is 7. The van der Waals surface area contributed by atoms with Gasteiger partial charge >= 0.3 is 12.4 Å². The summed E-state index contributed by atoms with van der Waals surface area (Å²) in [5.74, 6) is -1.17. The fourth-order valence-corrected chi connectivity index (χ4v) is 6.98. The van der Waals surface area contributed by atoms with E-state index in [2.05, 4.69) is 5.10 Å². The molecule has 5 rings (SSSR count). The molecule has 0 bridgehead atoms. The maximum atomic E-state index is 13.9. The van der Waals surface area contributed by atoms with Crippen molar-refractivity contribution in [1.29, 1.82) is 0 Å². The fourth-order valence-electron chi connectivity index (χ4n) is 5.26. The highest BCUT2D eigenvalue weighted by molar-refractivity contribution is 7.92. The van der Waals surface area contributed by atoms with Crippen LogP contribution in [0.4, 0.5) is 40.8 Å². The first kappa shape index (κ1) is 31.4. The molecule has 0 spiro atoms. The number of aryl methyl sites for hydroxylation is 1. The minimum atomic E-state index is -6.13. The summed E-state index contributed by atoms with van der Waals surface area (Å²) < 4.78 is 139. The largest absolute Gasteiger partial charge is 0.430 e. The Morgan fingerprint density at radius 3 is 2.02 bits per heavy atom. The number of benzene rings is 3. The molecule has 2 heterocycles. The number of aliphatic hydroxyl groups is 1. The monoisotopic (exact) mass is 645 g/mol. The van der Waals surface area contributed by atoms with Crippen LogP contribution in [0.2, 0.25) is 0 Å². The molecule has 0 radical (unpaired) electrons. The Labute approximate surface area is 246 Å². The summed E-state index contributed by atoms with van der Waals surface area (Å²) >= 11 is 0. The van der Waals surface area contributed by atoms with Crippen LogP contribution in [-0.2, 0) is 35.0 Å². The highest BCUT2D eigenvalue weighted by Gasteiger charge is 2.71. The van der Waals surface area contributed by atoms with Crippen molar-refractivity contribution in [3.63, 3.8) is 0 Å². The van der Waals surface area contributed by atoms with Crippen molar-refractivity contribution in [2.45, 2.75) is 54.7 Å². The zero-order valence-corrected chi connectivity index (χ0v) is 23.3. The van der Waals surface area contributed by atoms with Gasteiger partial charge in [-0.05, 0) is 72.5 Å². The van der Waals surface area contributed by atoms with E-state index in [0.717, 1.165) is 34.6 Å². The van der Waals surface area contributed by atoms with E-state index in [1.54, 1.807) is 22.9 Å². The predicted molar refractivity (Wildman–Crippen MR) is 142 cm³/mol. The number of alkyl halides is 6. The van der Waals surface area contributed by atoms with Gasteiger partial charge in [-0.2, -0.15) is 31.4 Å². The number of anilines is 1. The molecule has 234 valence electrons. The van der Waals surface area contributed by atoms with Crippen molar-refractivity contribution in [1.82, 2.24) is 9.78 Å². The first-order valence-electron chi connectivity index (χ1n) is 13.1. The molecular weight excluding hydrogens is 622 g/mol. The zero-order valence-electron chi connectivity index (χ0n) is 22.4. The standard InChI is InChI=1S/C29H23F8N3O3S/c30-21-5-1-18(2-6-21)17-39-23(13-14-38-39)16-24-9-3-19-15-20(27(41,28(32,33)34)29(35,36)37)4-12-26(19)40(24)44(42,43)25-10-7-22(31)8-11-25/h1-2,4-8,10-15,24,41H,3,9,16-17H2. The van der Waals surface area contributed by atoms with Gasteiger partial charge in [0.1, 0.15) is 11.6 Å². The molecule has 44 heavy (non-hydrogen) atoms. The van der Waals surface area contributed by atoms with E-state index in [-0.39, 0.29) is 42.0 Å². The van der Waals surface area contributed by atoms with Crippen molar-refractivity contribution in [3.8, 4) is 0 Å². The van der Waals surface area contributed by atoms with Crippen molar-refractivity contribution in [3.05, 3.63) is 113 Å². The van der Waals surface area contributed by atoms with Gasteiger partial charge in [0.05, 0.1) is 23.2 Å². The number of aromatic nitrogens is 2. The third-order valence-corrected chi connectivity index (χ3v) is 9.38. The smallest absolute Gasteiger partial charge is 0.369 e. The second-order valence-electron chi connectivity index (χ2n) is 10.3. The molecule has 0 saturated heterocycles. The van der Waals surface area contributed by atoms with Crippen LogP contribution in [-0.4, -0.2) is 41.7 Å². The maximum Gasteiger partial charge on any atom is 0.430 e. The third-order valence-electron chi connectivity index (χ3n) is 7.50. The maximum absolute atomic E-state index is 13.9. The molecule has 4 aromatic rings. The molecule has 0 fully saturated rings. The van der Waals surface area contributed by atoms with E-state index in [4.69, 9.17) is 0 Å². The number of hydrogen-bond acceptors (Lipinski definition) is 4. The first-order valence-corrected chi connectivity index (χ1v) is 14.5. The molecule has 0 saturated carbocycles. The van der Waals surface area contributed by atoms with Gasteiger partial charge < -0.3 is 5.11 Å². The second-order valence-corrected chi connectivity index (χ2v) is 12.1. The van der Waals surface area contributed by atoms with Gasteiger partial charge in [-0.1, -0.05) is 24.3 Å². The lowest BCUT2D eigenvalue weighted by Gasteiger charge is -2.39. The molecule has 0 amide bonds. The molecule has 3 aromatic carbocycles. The van der Waals surface area contributed by atoms with Crippen LogP contribution in [0.5, 0.6) is 0 Å². The zero-order chi connectivity index (χ0) is 32.1. The highest BCUT2D eigenvalue weighted by Crippen LogP contribution is 2.51. The molecule has 1 N–H and O–H groups in total. The van der Waals surface area contributed by atoms with Crippen LogP contribution >= 0.6 is 0 Å². The van der Waals surface area contributed by atoms with Gasteiger partial charge in [0, 0.05) is 23.9 Å². The van der Waals surface area contributed by atoms with Gasteiger partial charge in [-0.25, -0.2) is 17.2 Å². The Kier molecular flexibility index (Phi) is 7.99. The molecule has 1 aliphatic rings. The lowest BCUT2D eigenvalue weighted by Crippen LogP contribution is -2.54. The molecule has 1 atom stereocenters. The Morgan fingerprint density at radius 2 is 1.43 bits per heavy atom. The number of nitrogens with zero attached hydrogens (tertiary/aromatic N) is 3. The number of halogens is 8. The Hall–Kier alpha value is -3.98. The van der Waals surface area contributed by atoms with Crippen LogP contribution in [0.1, 0.15) is 28.8 Å². The molecule has 6 nitrogen and oxygen atoms in total. The summed E-state index contributed by atoms with van der Waals surface area (Å²) in [5.41, 5.74) is -5.83. The van der Waals surface area contributed by atoms with Gasteiger partial charge in [0.2, 0.25) is 0 Å². The summed E-state index contributed by atoms with van der Waals surface area (Å²) in [6, 6.07) is 11.9. The quantitative estimate of drug-likeness (QED) is 0.241. The third kappa shape index (κ3) is 5.65. The lowest BCUT2D eigenvalue weighted by molar-refractivity contribution is -0.376. The summed E-state index contributed by atoms with van der Waals surface area (Å²) in [6.45, 7) is 0.202. The average molecular weight is 646 g/mol. The van der Waals surface area contributed by atoms with Crippen LogP contribution in [0, 0.1) is 11.6 Å². The predicted octanol–water partition coefficient (Wildman–Crippen LogP) is 6.27. The van der Waals surface area contributed by atoms with Crippen molar-refractivity contribution >= 4 is 15.7 Å². The minimum Gasteiger partial charge on any atom is -0.369 e. The number of fused-ring (bicyclic) bond motifs is 1. The van der Waals surface area contributed by atoms with E-state index in [9.17, 15) is 48.6 Å². The van der Waals surface area contributed by atoms with E-state index in [1.165, 1.54) is 18.3 Å². The molecular formula is C29H23F8N3O3S. The fraction of sp³-hybridized carbons (Fsp3) is 0.276. The van der Waals surface area contributed by atoms with Gasteiger partial charge in [0.15, 0.2) is 0 Å². The van der Waals surface area contributed by atoms with Gasteiger partial charge in [0.25, 0.3) is 15.6 Å². The summed E-state index contributed by atoms with van der Waals surface area (Å²) in [7, 11) is -4.54. The summed E-state index contributed by atoms with van der Waals surface area (Å²) in [5, 5.41) is 14.2. The lowest BCUT2D eigenvalue weighted by atomic mass is 9.87. The molecule has 0 aliphatic carbocycles. The summed E-state index contributed by atoms with van der Waals surface area (Å²) in [4.78, 5) is -0.359. The first-order chi connectivity index (χ1) is 20.5. The van der Waals surface area contributed by atoms with Crippen molar-refractivity contribution in [2.75, 3.05) is 4.31 Å². The van der Waals surface area contributed by atoms with Crippen LogP contribution in [0.15, 0.2) is 83.9 Å². The molecule has 1 unspecified atom stereocenters. The van der Waals surface area contributed by atoms with Crippen molar-refractivity contribution < 1.29 is 48.6 Å². The SMILES string of the molecule is O=S(=O)(c1ccc(F)cc1)N1c2ccc(C(O)(C(F)(F)F)C(F)(F)F)cc2CCC1Cc1ccnn1Cc1ccc(F)cc1. The van der Waals surface area contributed by atoms with E-state index in [1.807, 2.05) is 0 Å². The average Bonchev–Trinajstić information content (AvgIpc) is 3.38. The van der Waals surface area contributed by atoms with E-state index < -0.39 is 51.2 Å². The van der Waals surface area contributed by atoms with Crippen LogP contribution < -0.4 is 4.31 Å². The van der Waals surface area contributed by atoms with E-state index >= 15 is 0 Å². The molecule has 1 aliphatic heterocycles. The number of sulfonamides is 1. The minimum absolute atomic E-state index is 0.0256. The van der Waals surface area contributed by atoms with Crippen LogP contribution in [0.25, 0.3) is 0 Å². The number of hydrogen-bond donors (Lipinski definition) is 1. The van der Waals surface area contributed by atoms with Crippen LogP contribution in [0.3, 0.4) is 0 Å². The van der Waals surface area contributed by atoms with Crippen molar-refractivity contribution in [2.24, 2.45) is 0 Å². The Morgan fingerprint density at radius 1 is 0.841 bits per heavy atom. The Bertz CT molecular complexity index is 1740. The molecule has 1 aromatic heterocycles. The highest BCUT2D eigenvalue weighted by atomic mass is 32.2. The van der Waals surface area contributed by atoms with Gasteiger partial charge in [-0.3, -0.25) is 8.99 Å². The summed E-state index contributed by atoms with van der Waals surface area (Å²) in [6.07, 6.45) is -10.9. The molecule has 15 heteroatoms. The van der Waals surface area contributed by atoms with E-state index in [0.29, 0.717) is 23.4 Å². The topological polar surface area (TPSA) is 75.4 Å².